The average Bonchev–Trinajstić information content (AvgIpc) is 2.36. The van der Waals surface area contributed by atoms with Gasteiger partial charge in [0.15, 0.2) is 0 Å². The summed E-state index contributed by atoms with van der Waals surface area (Å²) in [7, 11) is -3.85. The predicted octanol–water partition coefficient (Wildman–Crippen LogP) is 2.67. The van der Waals surface area contributed by atoms with E-state index >= 15 is 0 Å². The Kier molecular flexibility index (Phi) is 3.96. The minimum Gasteiger partial charge on any atom is -0.398 e. The van der Waals surface area contributed by atoms with Crippen LogP contribution in [0.5, 0.6) is 0 Å². The van der Waals surface area contributed by atoms with Gasteiger partial charge in [0.1, 0.15) is 11.6 Å². The number of hydrogen-bond acceptors (Lipinski definition) is 4. The van der Waals surface area contributed by atoms with E-state index in [1.165, 1.54) is 12.1 Å². The monoisotopic (exact) mass is 359 g/mol. The molecule has 0 saturated heterocycles. The molecule has 20 heavy (non-hydrogen) atoms. The molecule has 0 fully saturated rings. The van der Waals surface area contributed by atoms with Gasteiger partial charge in [0, 0.05) is 10.2 Å². The summed E-state index contributed by atoms with van der Waals surface area (Å²) in [6.07, 6.45) is 0.931. The van der Waals surface area contributed by atoms with Gasteiger partial charge >= 0.3 is 0 Å². The van der Waals surface area contributed by atoms with Gasteiger partial charge in [-0.1, -0.05) is 15.9 Å². The molecular formula is C12H11BrFN3O2S. The number of benzene rings is 1. The number of halogens is 2. The van der Waals surface area contributed by atoms with Gasteiger partial charge in [-0.2, -0.15) is 0 Å². The molecule has 2 rings (SSSR count). The van der Waals surface area contributed by atoms with E-state index in [4.69, 9.17) is 5.73 Å². The second-order valence-corrected chi connectivity index (χ2v) is 6.65. The highest BCUT2D eigenvalue weighted by molar-refractivity contribution is 9.10. The van der Waals surface area contributed by atoms with Crippen molar-refractivity contribution in [1.29, 1.82) is 0 Å². The van der Waals surface area contributed by atoms with Crippen molar-refractivity contribution in [2.75, 3.05) is 10.5 Å². The van der Waals surface area contributed by atoms with Gasteiger partial charge in [-0.15, -0.1) is 0 Å². The Hall–Kier alpha value is -1.67. The number of hydrogen-bond donors (Lipinski definition) is 2. The zero-order chi connectivity index (χ0) is 14.9. The summed E-state index contributed by atoms with van der Waals surface area (Å²) in [5, 5.41) is 0. The van der Waals surface area contributed by atoms with Gasteiger partial charge < -0.3 is 5.73 Å². The first-order chi connectivity index (χ1) is 9.29. The van der Waals surface area contributed by atoms with Gasteiger partial charge in [-0.3, -0.25) is 4.72 Å². The van der Waals surface area contributed by atoms with Crippen molar-refractivity contribution in [1.82, 2.24) is 4.98 Å². The van der Waals surface area contributed by atoms with Crippen LogP contribution in [0.2, 0.25) is 0 Å². The molecule has 106 valence electrons. The quantitative estimate of drug-likeness (QED) is 0.825. The van der Waals surface area contributed by atoms with Crippen LogP contribution in [0.25, 0.3) is 0 Å². The van der Waals surface area contributed by atoms with E-state index in [2.05, 4.69) is 25.6 Å². The third-order valence-electron chi connectivity index (χ3n) is 2.62. The molecule has 8 heteroatoms. The van der Waals surface area contributed by atoms with Crippen LogP contribution in [0, 0.1) is 12.7 Å². The first-order valence-corrected chi connectivity index (χ1v) is 7.77. The number of aromatic nitrogens is 1. The first kappa shape index (κ1) is 14.7. The van der Waals surface area contributed by atoms with Crippen molar-refractivity contribution in [3.05, 3.63) is 46.3 Å². The zero-order valence-electron chi connectivity index (χ0n) is 10.4. The lowest BCUT2D eigenvalue weighted by Crippen LogP contribution is -2.16. The number of nitrogens with zero attached hydrogens (tertiary/aromatic N) is 1. The van der Waals surface area contributed by atoms with Crippen molar-refractivity contribution in [2.24, 2.45) is 0 Å². The third kappa shape index (κ3) is 3.07. The van der Waals surface area contributed by atoms with Crippen LogP contribution in [0.4, 0.5) is 15.9 Å². The molecule has 5 nitrogen and oxygen atoms in total. The Balaban J connectivity index is 2.43. The lowest BCUT2D eigenvalue weighted by atomic mass is 10.2. The molecule has 0 bridgehead atoms. The number of nitrogens with two attached hydrogens (primary N) is 1. The molecule has 1 aromatic heterocycles. The highest BCUT2D eigenvalue weighted by atomic mass is 79.9. The average molecular weight is 360 g/mol. The SMILES string of the molecule is Cc1c(N)cc(Br)cc1S(=O)(=O)Nc1ccc(F)cn1. The van der Waals surface area contributed by atoms with Crippen LogP contribution in [-0.2, 0) is 10.0 Å². The number of rotatable bonds is 3. The van der Waals surface area contributed by atoms with Crippen LogP contribution in [-0.4, -0.2) is 13.4 Å². The zero-order valence-corrected chi connectivity index (χ0v) is 12.8. The number of pyridine rings is 1. The highest BCUT2D eigenvalue weighted by Gasteiger charge is 2.19. The molecule has 3 N–H and O–H groups in total. The summed E-state index contributed by atoms with van der Waals surface area (Å²) in [6, 6.07) is 5.42. The topological polar surface area (TPSA) is 85.1 Å². The van der Waals surface area contributed by atoms with E-state index in [0.717, 1.165) is 12.3 Å². The molecule has 0 amide bonds. The molecule has 0 aliphatic carbocycles. The summed E-state index contributed by atoms with van der Waals surface area (Å²) >= 11 is 3.20. The Bertz CT molecular complexity index is 748. The smallest absolute Gasteiger partial charge is 0.263 e. The maximum Gasteiger partial charge on any atom is 0.263 e. The number of nitrogen functional groups attached to an aromatic ring is 1. The molecule has 0 aliphatic rings. The number of sulfonamides is 1. The van der Waals surface area contributed by atoms with Crippen molar-refractivity contribution in [3.8, 4) is 0 Å². The van der Waals surface area contributed by atoms with Crippen molar-refractivity contribution in [2.45, 2.75) is 11.8 Å². The maximum atomic E-state index is 12.8. The van der Waals surface area contributed by atoms with Crippen molar-refractivity contribution >= 4 is 37.5 Å². The fraction of sp³-hybridized carbons (Fsp3) is 0.0833. The predicted molar refractivity (Wildman–Crippen MR) is 78.3 cm³/mol. The molecule has 2 aromatic rings. The van der Waals surface area contributed by atoms with Gasteiger partial charge in [0.2, 0.25) is 0 Å². The van der Waals surface area contributed by atoms with E-state index < -0.39 is 15.8 Å². The lowest BCUT2D eigenvalue weighted by Gasteiger charge is -2.12. The third-order valence-corrected chi connectivity index (χ3v) is 4.56. The summed E-state index contributed by atoms with van der Waals surface area (Å²) in [6.45, 7) is 1.61. The van der Waals surface area contributed by atoms with E-state index in [1.54, 1.807) is 13.0 Å². The number of nitrogens with one attached hydrogen (secondary N) is 1. The molecule has 0 atom stereocenters. The highest BCUT2D eigenvalue weighted by Crippen LogP contribution is 2.27. The second-order valence-electron chi connectivity index (χ2n) is 4.09. The Morgan fingerprint density at radius 2 is 2.05 bits per heavy atom. The number of anilines is 2. The Morgan fingerprint density at radius 1 is 1.35 bits per heavy atom. The van der Waals surface area contributed by atoms with Gasteiger partial charge in [0.05, 0.1) is 11.1 Å². The van der Waals surface area contributed by atoms with Gasteiger partial charge in [-0.05, 0) is 36.8 Å². The van der Waals surface area contributed by atoms with E-state index in [-0.39, 0.29) is 10.7 Å². The molecule has 1 aromatic carbocycles. The molecule has 0 unspecified atom stereocenters. The van der Waals surface area contributed by atoms with Crippen molar-refractivity contribution < 1.29 is 12.8 Å². The fourth-order valence-corrected chi connectivity index (χ4v) is 3.52. The normalized spacial score (nSPS) is 11.3. The lowest BCUT2D eigenvalue weighted by molar-refractivity contribution is 0.600. The van der Waals surface area contributed by atoms with Crippen LogP contribution < -0.4 is 10.5 Å². The summed E-state index contributed by atoms with van der Waals surface area (Å²) in [5.74, 6) is -0.514. The molecule has 0 radical (unpaired) electrons. The molecule has 0 aliphatic heterocycles. The van der Waals surface area contributed by atoms with E-state index in [9.17, 15) is 12.8 Å². The molecule has 1 heterocycles. The van der Waals surface area contributed by atoms with Crippen molar-refractivity contribution in [3.63, 3.8) is 0 Å². The van der Waals surface area contributed by atoms with Crippen LogP contribution >= 0.6 is 15.9 Å². The minimum absolute atomic E-state index is 0.0318. The first-order valence-electron chi connectivity index (χ1n) is 5.49. The molecular weight excluding hydrogens is 349 g/mol. The second kappa shape index (κ2) is 5.37. The van der Waals surface area contributed by atoms with Gasteiger partial charge in [-0.25, -0.2) is 17.8 Å². The standard InChI is InChI=1S/C12H11BrFN3O2S/c1-7-10(15)4-8(13)5-11(7)20(18,19)17-12-3-2-9(14)6-16-12/h2-6H,15H2,1H3,(H,16,17). The molecule has 0 saturated carbocycles. The van der Waals surface area contributed by atoms with Crippen LogP contribution in [0.3, 0.4) is 0 Å². The largest absolute Gasteiger partial charge is 0.398 e. The summed E-state index contributed by atoms with van der Waals surface area (Å²) < 4.78 is 40.2. The van der Waals surface area contributed by atoms with Crippen LogP contribution in [0.15, 0.2) is 39.8 Å². The van der Waals surface area contributed by atoms with E-state index in [0.29, 0.717) is 15.7 Å². The van der Waals surface area contributed by atoms with Gasteiger partial charge in [0.25, 0.3) is 10.0 Å². The molecule has 0 spiro atoms. The fourth-order valence-electron chi connectivity index (χ4n) is 1.58. The Labute approximate surface area is 124 Å². The van der Waals surface area contributed by atoms with Crippen LogP contribution in [0.1, 0.15) is 5.56 Å². The minimum atomic E-state index is -3.85. The van der Waals surface area contributed by atoms with E-state index in [1.807, 2.05) is 0 Å². The maximum absolute atomic E-state index is 12.8. The Morgan fingerprint density at radius 3 is 2.65 bits per heavy atom. The summed E-state index contributed by atoms with van der Waals surface area (Å²) in [4.78, 5) is 3.69. The summed E-state index contributed by atoms with van der Waals surface area (Å²) in [5.41, 5.74) is 6.53.